The average molecular weight is 320 g/mol. The molecular formula is C12H14ClNO5S. The van der Waals surface area contributed by atoms with Crippen molar-refractivity contribution in [2.24, 2.45) is 0 Å². The van der Waals surface area contributed by atoms with Crippen LogP contribution in [-0.2, 0) is 19.4 Å². The highest BCUT2D eigenvalue weighted by molar-refractivity contribution is 7.90. The monoisotopic (exact) mass is 319 g/mol. The molecule has 1 aromatic carbocycles. The number of nitrogens with one attached hydrogen (secondary N) is 1. The number of hydrogen-bond donors (Lipinski definition) is 1. The number of carbonyl (C=O) groups is 2. The van der Waals surface area contributed by atoms with Crippen LogP contribution < -0.4 is 5.32 Å². The Morgan fingerprint density at radius 2 is 2.05 bits per heavy atom. The van der Waals surface area contributed by atoms with Crippen LogP contribution >= 0.6 is 11.6 Å². The number of halogens is 1. The van der Waals surface area contributed by atoms with E-state index in [2.05, 4.69) is 10.1 Å². The van der Waals surface area contributed by atoms with E-state index in [4.69, 9.17) is 11.6 Å². The van der Waals surface area contributed by atoms with Gasteiger partial charge in [0.05, 0.1) is 12.0 Å². The minimum absolute atomic E-state index is 0.0422. The molecule has 1 atom stereocenters. The van der Waals surface area contributed by atoms with E-state index in [0.717, 1.165) is 6.26 Å². The van der Waals surface area contributed by atoms with Crippen molar-refractivity contribution in [3.05, 3.63) is 29.8 Å². The first-order valence-electron chi connectivity index (χ1n) is 5.56. The molecule has 0 saturated carbocycles. The number of sulfone groups is 1. The SMILES string of the molecule is COC(=O)C(Cl)CNC(=O)c1cccc(S(C)(=O)=O)c1. The number of amides is 1. The molecule has 0 spiro atoms. The molecule has 20 heavy (non-hydrogen) atoms. The van der Waals surface area contributed by atoms with E-state index >= 15 is 0 Å². The summed E-state index contributed by atoms with van der Waals surface area (Å²) in [6.45, 7) is -0.115. The van der Waals surface area contributed by atoms with Crippen LogP contribution in [0.25, 0.3) is 0 Å². The number of methoxy groups -OCH3 is 1. The second kappa shape index (κ2) is 6.71. The van der Waals surface area contributed by atoms with Crippen molar-refractivity contribution in [3.8, 4) is 0 Å². The summed E-state index contributed by atoms with van der Waals surface area (Å²) in [5, 5.41) is 1.43. The largest absolute Gasteiger partial charge is 0.468 e. The fourth-order valence-electron chi connectivity index (χ4n) is 1.36. The van der Waals surface area contributed by atoms with E-state index in [-0.39, 0.29) is 17.0 Å². The smallest absolute Gasteiger partial charge is 0.325 e. The number of alkyl halides is 1. The van der Waals surface area contributed by atoms with Crippen molar-refractivity contribution < 1.29 is 22.7 Å². The van der Waals surface area contributed by atoms with Crippen molar-refractivity contribution in [2.45, 2.75) is 10.3 Å². The predicted octanol–water partition coefficient (Wildman–Crippen LogP) is 0.600. The standard InChI is InChI=1S/C12H14ClNO5S/c1-19-12(16)10(13)7-14-11(15)8-4-3-5-9(6-8)20(2,17)18/h3-6,10H,7H2,1-2H3,(H,14,15). The van der Waals surface area contributed by atoms with Crippen molar-refractivity contribution in [1.29, 1.82) is 0 Å². The summed E-state index contributed by atoms with van der Waals surface area (Å²) in [4.78, 5) is 22.9. The second-order valence-corrected chi connectivity index (χ2v) is 6.54. The van der Waals surface area contributed by atoms with Gasteiger partial charge in [0.1, 0.15) is 5.38 Å². The molecule has 1 amide bonds. The number of ether oxygens (including phenoxy) is 1. The first-order valence-corrected chi connectivity index (χ1v) is 7.88. The summed E-state index contributed by atoms with van der Waals surface area (Å²) in [5.41, 5.74) is 0.168. The summed E-state index contributed by atoms with van der Waals surface area (Å²) in [6.07, 6.45) is 1.05. The zero-order chi connectivity index (χ0) is 15.3. The molecule has 1 unspecified atom stereocenters. The van der Waals surface area contributed by atoms with Crippen LogP contribution in [0.15, 0.2) is 29.2 Å². The number of esters is 1. The molecule has 8 heteroatoms. The summed E-state index contributed by atoms with van der Waals surface area (Å²) in [5.74, 6) is -1.18. The third-order valence-corrected chi connectivity index (χ3v) is 3.87. The normalized spacial score (nSPS) is 12.6. The molecule has 0 heterocycles. The summed E-state index contributed by atoms with van der Waals surface area (Å²) >= 11 is 5.68. The van der Waals surface area contributed by atoms with Crippen LogP contribution in [0.4, 0.5) is 0 Å². The Kier molecular flexibility index (Phi) is 5.52. The minimum atomic E-state index is -3.39. The fraction of sp³-hybridized carbons (Fsp3) is 0.333. The van der Waals surface area contributed by atoms with E-state index in [9.17, 15) is 18.0 Å². The third-order valence-electron chi connectivity index (χ3n) is 2.42. The predicted molar refractivity (Wildman–Crippen MR) is 73.5 cm³/mol. The Hall–Kier alpha value is -1.60. The molecule has 0 aliphatic rings. The molecule has 0 saturated heterocycles. The number of hydrogen-bond acceptors (Lipinski definition) is 5. The molecule has 1 rings (SSSR count). The highest BCUT2D eigenvalue weighted by Crippen LogP contribution is 2.11. The Morgan fingerprint density at radius 3 is 2.60 bits per heavy atom. The number of benzene rings is 1. The molecule has 0 bridgehead atoms. The van der Waals surface area contributed by atoms with E-state index in [1.54, 1.807) is 0 Å². The highest BCUT2D eigenvalue weighted by atomic mass is 35.5. The van der Waals surface area contributed by atoms with Crippen LogP contribution in [0.5, 0.6) is 0 Å². The molecule has 1 N–H and O–H groups in total. The molecule has 1 aromatic rings. The van der Waals surface area contributed by atoms with Gasteiger partial charge < -0.3 is 10.1 Å². The fourth-order valence-corrected chi connectivity index (χ4v) is 2.20. The Morgan fingerprint density at radius 1 is 1.40 bits per heavy atom. The van der Waals surface area contributed by atoms with Gasteiger partial charge in [0, 0.05) is 18.4 Å². The van der Waals surface area contributed by atoms with Gasteiger partial charge in [-0.25, -0.2) is 8.42 Å². The lowest BCUT2D eigenvalue weighted by Crippen LogP contribution is -2.34. The van der Waals surface area contributed by atoms with E-state index in [0.29, 0.717) is 0 Å². The minimum Gasteiger partial charge on any atom is -0.468 e. The first kappa shape index (κ1) is 16.5. The molecular weight excluding hydrogens is 306 g/mol. The maximum atomic E-state index is 11.8. The average Bonchev–Trinajstić information content (AvgIpc) is 2.42. The van der Waals surface area contributed by atoms with Crippen molar-refractivity contribution in [2.75, 3.05) is 19.9 Å². The molecule has 0 aliphatic carbocycles. The van der Waals surface area contributed by atoms with Gasteiger partial charge in [-0.2, -0.15) is 0 Å². The van der Waals surface area contributed by atoms with Gasteiger partial charge in [0.2, 0.25) is 0 Å². The lowest BCUT2D eigenvalue weighted by atomic mass is 10.2. The zero-order valence-electron chi connectivity index (χ0n) is 10.9. The molecule has 6 nitrogen and oxygen atoms in total. The summed E-state index contributed by atoms with van der Waals surface area (Å²) < 4.78 is 27.2. The van der Waals surface area contributed by atoms with Crippen molar-refractivity contribution >= 4 is 33.3 Å². The van der Waals surface area contributed by atoms with E-state index in [1.807, 2.05) is 0 Å². The third kappa shape index (κ3) is 4.50. The maximum Gasteiger partial charge on any atom is 0.325 e. The molecule has 0 aliphatic heterocycles. The number of rotatable bonds is 5. The van der Waals surface area contributed by atoms with Gasteiger partial charge >= 0.3 is 5.97 Å². The summed E-state index contributed by atoms with van der Waals surface area (Å²) in [6, 6.07) is 5.58. The second-order valence-electron chi connectivity index (χ2n) is 4.00. The van der Waals surface area contributed by atoms with Crippen LogP contribution in [0, 0.1) is 0 Å². The van der Waals surface area contributed by atoms with Crippen LogP contribution in [-0.4, -0.2) is 45.6 Å². The van der Waals surface area contributed by atoms with Crippen molar-refractivity contribution in [3.63, 3.8) is 0 Å². The van der Waals surface area contributed by atoms with Crippen molar-refractivity contribution in [1.82, 2.24) is 5.32 Å². The highest BCUT2D eigenvalue weighted by Gasteiger charge is 2.17. The topological polar surface area (TPSA) is 89.5 Å². The van der Waals surface area contributed by atoms with Gasteiger partial charge in [-0.15, -0.1) is 11.6 Å². The van der Waals surface area contributed by atoms with E-state index < -0.39 is 27.1 Å². The lowest BCUT2D eigenvalue weighted by molar-refractivity contribution is -0.140. The lowest BCUT2D eigenvalue weighted by Gasteiger charge is -2.09. The van der Waals surface area contributed by atoms with Gasteiger partial charge in [0.25, 0.3) is 5.91 Å². The van der Waals surface area contributed by atoms with Crippen LogP contribution in [0.3, 0.4) is 0 Å². The molecule has 0 fully saturated rings. The van der Waals surface area contributed by atoms with Crippen LogP contribution in [0.2, 0.25) is 0 Å². The number of carbonyl (C=O) groups excluding carboxylic acids is 2. The zero-order valence-corrected chi connectivity index (χ0v) is 12.5. The Balaban J connectivity index is 2.76. The first-order chi connectivity index (χ1) is 9.25. The molecule has 0 aromatic heterocycles. The van der Waals surface area contributed by atoms with Gasteiger partial charge in [-0.1, -0.05) is 6.07 Å². The van der Waals surface area contributed by atoms with Crippen LogP contribution in [0.1, 0.15) is 10.4 Å². The molecule has 110 valence electrons. The van der Waals surface area contributed by atoms with E-state index in [1.165, 1.54) is 31.4 Å². The van der Waals surface area contributed by atoms with Gasteiger partial charge in [-0.3, -0.25) is 9.59 Å². The van der Waals surface area contributed by atoms with Gasteiger partial charge in [0.15, 0.2) is 9.84 Å². The molecule has 0 radical (unpaired) electrons. The maximum absolute atomic E-state index is 11.8. The Bertz CT molecular complexity index is 614. The Labute approximate surface area is 122 Å². The van der Waals surface area contributed by atoms with Gasteiger partial charge in [-0.05, 0) is 18.2 Å². The summed E-state index contributed by atoms with van der Waals surface area (Å²) in [7, 11) is -2.20. The quantitative estimate of drug-likeness (QED) is 0.634.